The fraction of sp³-hybridized carbons (Fsp3) is 0.444. The van der Waals surface area contributed by atoms with Crippen molar-refractivity contribution in [2.24, 2.45) is 0 Å². The van der Waals surface area contributed by atoms with Gasteiger partial charge in [0.2, 0.25) is 0 Å². The van der Waals surface area contributed by atoms with E-state index in [1.807, 2.05) is 0 Å². The van der Waals surface area contributed by atoms with Gasteiger partial charge in [0, 0.05) is 12.1 Å². The molecule has 1 aromatic heterocycles. The first-order chi connectivity index (χ1) is 6.87. The monoisotopic (exact) mass is 221 g/mol. The summed E-state index contributed by atoms with van der Waals surface area (Å²) in [6.45, 7) is 1.57. The number of aromatic nitrogens is 1. The highest BCUT2D eigenvalue weighted by molar-refractivity contribution is 5.20. The lowest BCUT2D eigenvalue weighted by atomic mass is 10.2. The van der Waals surface area contributed by atoms with Gasteiger partial charge in [0.25, 0.3) is 0 Å². The van der Waals surface area contributed by atoms with Gasteiger partial charge in [-0.15, -0.1) is 13.2 Å². The first kappa shape index (κ1) is 11.8. The second kappa shape index (κ2) is 4.48. The third-order valence-corrected chi connectivity index (χ3v) is 1.54. The molecule has 1 heterocycles. The highest BCUT2D eigenvalue weighted by Crippen LogP contribution is 2.21. The first-order valence-electron chi connectivity index (χ1n) is 4.25. The maximum absolute atomic E-state index is 11.8. The molecular weight excluding hydrogens is 211 g/mol. The van der Waals surface area contributed by atoms with Crippen molar-refractivity contribution < 1.29 is 23.0 Å². The minimum absolute atomic E-state index is 0.298. The minimum atomic E-state index is -4.70. The van der Waals surface area contributed by atoms with Crippen molar-refractivity contribution in [2.45, 2.75) is 25.8 Å². The van der Waals surface area contributed by atoms with Crippen LogP contribution in [-0.4, -0.2) is 22.6 Å². The number of pyridine rings is 1. The second-order valence-electron chi connectivity index (χ2n) is 3.09. The molecule has 1 atom stereocenters. The van der Waals surface area contributed by atoms with E-state index in [1.54, 1.807) is 6.92 Å². The summed E-state index contributed by atoms with van der Waals surface area (Å²) in [4.78, 5) is 3.72. The van der Waals surface area contributed by atoms with Gasteiger partial charge in [-0.25, -0.2) is 0 Å². The molecule has 0 amide bonds. The molecule has 1 N–H and O–H groups in total. The summed E-state index contributed by atoms with van der Waals surface area (Å²) >= 11 is 0. The van der Waals surface area contributed by atoms with Crippen LogP contribution in [0.15, 0.2) is 18.3 Å². The Labute approximate surface area is 84.5 Å². The number of aliphatic hydroxyl groups excluding tert-OH is 1. The molecule has 1 aromatic rings. The smallest absolute Gasteiger partial charge is 0.404 e. The molecule has 15 heavy (non-hydrogen) atoms. The van der Waals surface area contributed by atoms with Crippen LogP contribution < -0.4 is 4.74 Å². The Bertz CT molecular complexity index is 308. The minimum Gasteiger partial charge on any atom is -0.404 e. The Morgan fingerprint density at radius 3 is 2.53 bits per heavy atom. The van der Waals surface area contributed by atoms with E-state index in [2.05, 4.69) is 9.72 Å². The Hall–Kier alpha value is -1.30. The van der Waals surface area contributed by atoms with Gasteiger partial charge in [-0.05, 0) is 19.1 Å². The average Bonchev–Trinajstić information content (AvgIpc) is 2.05. The molecule has 3 nitrogen and oxygen atoms in total. The highest BCUT2D eigenvalue weighted by atomic mass is 19.4. The topological polar surface area (TPSA) is 42.4 Å². The summed E-state index contributed by atoms with van der Waals surface area (Å²) in [6, 6.07) is 2.55. The lowest BCUT2D eigenvalue weighted by Gasteiger charge is -2.09. The molecular formula is C9H10F3NO2. The third kappa shape index (κ3) is 4.64. The van der Waals surface area contributed by atoms with Crippen LogP contribution in [0, 0.1) is 0 Å². The van der Waals surface area contributed by atoms with Crippen LogP contribution in [0.25, 0.3) is 0 Å². The van der Waals surface area contributed by atoms with Gasteiger partial charge >= 0.3 is 6.36 Å². The van der Waals surface area contributed by atoms with Crippen LogP contribution >= 0.6 is 0 Å². The number of ether oxygens (including phenoxy) is 1. The van der Waals surface area contributed by atoms with Gasteiger partial charge in [0.15, 0.2) is 0 Å². The predicted molar refractivity (Wildman–Crippen MR) is 46.3 cm³/mol. The largest absolute Gasteiger partial charge is 0.573 e. The molecule has 0 aromatic carbocycles. The molecule has 0 saturated carbocycles. The summed E-state index contributed by atoms with van der Waals surface area (Å²) in [6.07, 6.45) is -4.00. The summed E-state index contributed by atoms with van der Waals surface area (Å²) in [5, 5.41) is 9.01. The Balaban J connectivity index is 2.64. The lowest BCUT2D eigenvalue weighted by molar-refractivity contribution is -0.274. The molecule has 0 bridgehead atoms. The van der Waals surface area contributed by atoms with E-state index in [0.29, 0.717) is 12.1 Å². The van der Waals surface area contributed by atoms with Crippen LogP contribution in [0.1, 0.15) is 12.6 Å². The highest BCUT2D eigenvalue weighted by Gasteiger charge is 2.31. The van der Waals surface area contributed by atoms with E-state index in [1.165, 1.54) is 6.07 Å². The molecule has 0 radical (unpaired) electrons. The molecule has 1 unspecified atom stereocenters. The normalized spacial score (nSPS) is 13.7. The summed E-state index contributed by atoms with van der Waals surface area (Å²) in [7, 11) is 0. The van der Waals surface area contributed by atoms with Crippen LogP contribution in [0.4, 0.5) is 13.2 Å². The van der Waals surface area contributed by atoms with Gasteiger partial charge in [0.05, 0.1) is 12.3 Å². The Morgan fingerprint density at radius 1 is 1.47 bits per heavy atom. The fourth-order valence-corrected chi connectivity index (χ4v) is 1.03. The molecule has 1 rings (SSSR count). The number of alkyl halides is 3. The van der Waals surface area contributed by atoms with E-state index in [0.717, 1.165) is 12.3 Å². The molecule has 0 aliphatic carbocycles. The molecule has 0 spiro atoms. The zero-order valence-corrected chi connectivity index (χ0v) is 7.95. The van der Waals surface area contributed by atoms with Crippen molar-refractivity contribution in [3.05, 3.63) is 24.0 Å². The number of nitrogens with zero attached hydrogens (tertiary/aromatic N) is 1. The van der Waals surface area contributed by atoms with Crippen LogP contribution in [0.5, 0.6) is 5.75 Å². The van der Waals surface area contributed by atoms with E-state index in [-0.39, 0.29) is 5.75 Å². The number of hydrogen-bond donors (Lipinski definition) is 1. The number of hydrogen-bond acceptors (Lipinski definition) is 3. The SMILES string of the molecule is CC(O)Cc1ccc(OC(F)(F)F)cn1. The van der Waals surface area contributed by atoms with Crippen molar-refractivity contribution in [1.29, 1.82) is 0 Å². The number of rotatable bonds is 3. The molecule has 6 heteroatoms. The maximum atomic E-state index is 11.8. The lowest BCUT2D eigenvalue weighted by Crippen LogP contribution is -2.17. The van der Waals surface area contributed by atoms with Gasteiger partial charge < -0.3 is 9.84 Å². The van der Waals surface area contributed by atoms with Crippen LogP contribution in [0.2, 0.25) is 0 Å². The standard InChI is InChI=1S/C9H10F3NO2/c1-6(14)4-7-2-3-8(5-13-7)15-9(10,11)12/h2-3,5-6,14H,4H2,1H3. The van der Waals surface area contributed by atoms with Crippen molar-refractivity contribution in [3.8, 4) is 5.75 Å². The molecule has 0 fully saturated rings. The third-order valence-electron chi connectivity index (χ3n) is 1.54. The zero-order valence-electron chi connectivity index (χ0n) is 7.95. The van der Waals surface area contributed by atoms with Gasteiger partial charge in [-0.2, -0.15) is 0 Å². The van der Waals surface area contributed by atoms with Crippen molar-refractivity contribution in [2.75, 3.05) is 0 Å². The van der Waals surface area contributed by atoms with Crippen molar-refractivity contribution in [1.82, 2.24) is 4.98 Å². The van der Waals surface area contributed by atoms with Crippen LogP contribution in [-0.2, 0) is 6.42 Å². The van der Waals surface area contributed by atoms with E-state index in [9.17, 15) is 13.2 Å². The second-order valence-corrected chi connectivity index (χ2v) is 3.09. The molecule has 0 saturated heterocycles. The van der Waals surface area contributed by atoms with Gasteiger partial charge in [-0.3, -0.25) is 4.98 Å². The van der Waals surface area contributed by atoms with Crippen molar-refractivity contribution >= 4 is 0 Å². The molecule has 84 valence electrons. The summed E-state index contributed by atoms with van der Waals surface area (Å²) in [5.41, 5.74) is 0.513. The molecule has 0 aliphatic heterocycles. The Kier molecular flexibility index (Phi) is 3.52. The van der Waals surface area contributed by atoms with Gasteiger partial charge in [-0.1, -0.05) is 0 Å². The zero-order chi connectivity index (χ0) is 11.5. The van der Waals surface area contributed by atoms with Gasteiger partial charge in [0.1, 0.15) is 5.75 Å². The predicted octanol–water partition coefficient (Wildman–Crippen LogP) is 1.90. The first-order valence-corrected chi connectivity index (χ1v) is 4.25. The van der Waals surface area contributed by atoms with Crippen LogP contribution in [0.3, 0.4) is 0 Å². The fourth-order valence-electron chi connectivity index (χ4n) is 1.03. The quantitative estimate of drug-likeness (QED) is 0.847. The maximum Gasteiger partial charge on any atom is 0.573 e. The van der Waals surface area contributed by atoms with Crippen molar-refractivity contribution in [3.63, 3.8) is 0 Å². The number of aliphatic hydroxyl groups is 1. The number of halogens is 3. The van der Waals surface area contributed by atoms with E-state index < -0.39 is 12.5 Å². The Morgan fingerprint density at radius 2 is 2.13 bits per heavy atom. The summed E-state index contributed by atoms with van der Waals surface area (Å²) in [5.74, 6) is -0.364. The van der Waals surface area contributed by atoms with E-state index >= 15 is 0 Å². The van der Waals surface area contributed by atoms with E-state index in [4.69, 9.17) is 5.11 Å². The average molecular weight is 221 g/mol. The summed E-state index contributed by atoms with van der Waals surface area (Å²) < 4.78 is 38.9. The molecule has 0 aliphatic rings.